The average molecular weight is 506 g/mol. The van der Waals surface area contributed by atoms with E-state index < -0.39 is 0 Å². The minimum Gasteiger partial charge on any atom is -0.497 e. The number of nitrogens with one attached hydrogen (secondary N) is 1. The van der Waals surface area contributed by atoms with Gasteiger partial charge in [0.1, 0.15) is 11.6 Å². The Labute approximate surface area is 202 Å². The molecule has 0 aliphatic rings. The fourth-order valence-corrected chi connectivity index (χ4v) is 4.32. The van der Waals surface area contributed by atoms with Crippen LogP contribution in [0.15, 0.2) is 77.3 Å². The summed E-state index contributed by atoms with van der Waals surface area (Å²) in [6, 6.07) is 23.9. The molecular weight excluding hydrogens is 478 g/mol. The highest BCUT2D eigenvalue weighted by Gasteiger charge is 2.11. The summed E-state index contributed by atoms with van der Waals surface area (Å²) >= 11 is 3.41. The molecule has 4 rings (SSSR count). The van der Waals surface area contributed by atoms with Gasteiger partial charge in [-0.25, -0.2) is 4.98 Å². The highest BCUT2D eigenvalue weighted by molar-refractivity contribution is 9.10. The van der Waals surface area contributed by atoms with Gasteiger partial charge >= 0.3 is 0 Å². The number of aromatic nitrogens is 2. The summed E-state index contributed by atoms with van der Waals surface area (Å²) in [4.78, 5) is 17.2. The van der Waals surface area contributed by atoms with E-state index in [-0.39, 0.29) is 5.91 Å². The molecule has 1 N–H and O–H groups in total. The number of benzene rings is 3. The molecule has 1 amide bonds. The first-order chi connectivity index (χ1) is 16.1. The Morgan fingerprint density at radius 3 is 2.61 bits per heavy atom. The Hall–Kier alpha value is -3.12. The van der Waals surface area contributed by atoms with Gasteiger partial charge in [0.15, 0.2) is 0 Å². The van der Waals surface area contributed by atoms with E-state index in [1.807, 2.05) is 42.5 Å². The first-order valence-electron chi connectivity index (χ1n) is 11.2. The van der Waals surface area contributed by atoms with Crippen molar-refractivity contribution in [2.45, 2.75) is 32.2 Å². The zero-order valence-electron chi connectivity index (χ0n) is 18.8. The lowest BCUT2D eigenvalue weighted by molar-refractivity contribution is 0.0953. The van der Waals surface area contributed by atoms with E-state index in [2.05, 4.69) is 56.1 Å². The fraction of sp³-hybridized carbons (Fsp3) is 0.259. The molecule has 0 saturated heterocycles. The Kier molecular flexibility index (Phi) is 7.79. The van der Waals surface area contributed by atoms with Crippen LogP contribution in [0, 0.1) is 0 Å². The Morgan fingerprint density at radius 1 is 1.00 bits per heavy atom. The third-order valence-corrected chi connectivity index (χ3v) is 6.18. The number of hydrogen-bond donors (Lipinski definition) is 1. The maximum Gasteiger partial charge on any atom is 0.251 e. The molecule has 0 fully saturated rings. The third kappa shape index (κ3) is 6.02. The number of carbonyl (C=O) groups excluding carboxylic acids is 1. The Morgan fingerprint density at radius 2 is 1.82 bits per heavy atom. The second-order valence-electron chi connectivity index (χ2n) is 8.03. The fourth-order valence-electron chi connectivity index (χ4n) is 3.92. The zero-order chi connectivity index (χ0) is 23.0. The molecule has 0 aliphatic carbocycles. The Balaban J connectivity index is 1.32. The predicted octanol–water partition coefficient (Wildman–Crippen LogP) is 6.00. The van der Waals surface area contributed by atoms with E-state index in [0.29, 0.717) is 12.1 Å². The van der Waals surface area contributed by atoms with Crippen molar-refractivity contribution < 1.29 is 9.53 Å². The van der Waals surface area contributed by atoms with E-state index in [9.17, 15) is 4.79 Å². The summed E-state index contributed by atoms with van der Waals surface area (Å²) in [5.41, 5.74) is 4.08. The lowest BCUT2D eigenvalue weighted by Crippen LogP contribution is -2.24. The number of halogens is 1. The molecule has 0 radical (unpaired) electrons. The van der Waals surface area contributed by atoms with Crippen LogP contribution in [0.1, 0.15) is 41.0 Å². The molecule has 0 spiro atoms. The van der Waals surface area contributed by atoms with Crippen LogP contribution < -0.4 is 10.1 Å². The van der Waals surface area contributed by atoms with Crippen LogP contribution in [-0.2, 0) is 13.0 Å². The number of imidazole rings is 1. The summed E-state index contributed by atoms with van der Waals surface area (Å²) in [5, 5.41) is 3.01. The number of nitrogens with zero attached hydrogens (tertiary/aromatic N) is 2. The number of hydrogen-bond acceptors (Lipinski definition) is 3. The Bertz CT molecular complexity index is 1220. The van der Waals surface area contributed by atoms with E-state index in [4.69, 9.17) is 9.72 Å². The van der Waals surface area contributed by atoms with Gasteiger partial charge in [-0.1, -0.05) is 52.7 Å². The van der Waals surface area contributed by atoms with E-state index in [1.54, 1.807) is 7.11 Å². The van der Waals surface area contributed by atoms with Crippen molar-refractivity contribution in [3.63, 3.8) is 0 Å². The van der Waals surface area contributed by atoms with Crippen LogP contribution in [0.4, 0.5) is 0 Å². The highest BCUT2D eigenvalue weighted by atomic mass is 79.9. The van der Waals surface area contributed by atoms with Crippen LogP contribution in [0.25, 0.3) is 11.0 Å². The lowest BCUT2D eigenvalue weighted by atomic mass is 10.1. The molecule has 0 unspecified atom stereocenters. The van der Waals surface area contributed by atoms with Crippen molar-refractivity contribution in [2.75, 3.05) is 13.7 Å². The van der Waals surface area contributed by atoms with Crippen LogP contribution in [0.2, 0.25) is 0 Å². The van der Waals surface area contributed by atoms with Gasteiger partial charge in [-0.2, -0.15) is 0 Å². The largest absolute Gasteiger partial charge is 0.497 e. The first kappa shape index (κ1) is 23.1. The summed E-state index contributed by atoms with van der Waals surface area (Å²) < 4.78 is 8.50. The van der Waals surface area contributed by atoms with Crippen molar-refractivity contribution in [2.24, 2.45) is 0 Å². The number of amides is 1. The monoisotopic (exact) mass is 505 g/mol. The first-order valence-corrected chi connectivity index (χ1v) is 12.0. The van der Waals surface area contributed by atoms with Gasteiger partial charge in [-0.15, -0.1) is 0 Å². The van der Waals surface area contributed by atoms with Crippen molar-refractivity contribution in [3.05, 3.63) is 94.2 Å². The van der Waals surface area contributed by atoms with Gasteiger partial charge in [0.25, 0.3) is 5.91 Å². The van der Waals surface area contributed by atoms with Crippen LogP contribution in [0.5, 0.6) is 5.75 Å². The molecule has 4 aromatic rings. The van der Waals surface area contributed by atoms with Crippen molar-refractivity contribution >= 4 is 32.9 Å². The molecule has 0 saturated carbocycles. The summed E-state index contributed by atoms with van der Waals surface area (Å²) in [6.07, 6.45) is 3.91. The molecule has 0 atom stereocenters. The van der Waals surface area contributed by atoms with E-state index >= 15 is 0 Å². The van der Waals surface area contributed by atoms with Crippen LogP contribution in [0.3, 0.4) is 0 Å². The minimum absolute atomic E-state index is 0.0300. The molecular formula is C27H28BrN3O2. The molecule has 1 heterocycles. The van der Waals surface area contributed by atoms with Gasteiger partial charge in [0.2, 0.25) is 0 Å². The van der Waals surface area contributed by atoms with Gasteiger partial charge in [0.05, 0.1) is 18.1 Å². The standard InChI is InChI=1S/C27H28BrN3O2/c1-33-23-15-13-20(14-16-23)19-31-25-11-5-4-10-24(25)30-26(31)12-3-2-6-17-29-27(32)21-8-7-9-22(28)18-21/h4-5,7-11,13-16,18H,2-3,6,12,17,19H2,1H3,(H,29,32). The van der Waals surface area contributed by atoms with Crippen molar-refractivity contribution in [1.29, 1.82) is 0 Å². The number of ether oxygens (including phenoxy) is 1. The average Bonchev–Trinajstić information content (AvgIpc) is 3.18. The molecule has 3 aromatic carbocycles. The number of aryl methyl sites for hydroxylation is 1. The van der Waals surface area contributed by atoms with E-state index in [1.165, 1.54) is 5.56 Å². The smallest absolute Gasteiger partial charge is 0.251 e. The summed E-state index contributed by atoms with van der Waals surface area (Å²) in [6.45, 7) is 1.45. The number of para-hydroxylation sites is 2. The molecule has 5 nitrogen and oxygen atoms in total. The van der Waals surface area contributed by atoms with Gasteiger partial charge < -0.3 is 14.6 Å². The topological polar surface area (TPSA) is 56.1 Å². The predicted molar refractivity (Wildman–Crippen MR) is 136 cm³/mol. The van der Waals surface area contributed by atoms with Crippen LogP contribution >= 0.6 is 15.9 Å². The molecule has 1 aromatic heterocycles. The maximum absolute atomic E-state index is 12.3. The molecule has 33 heavy (non-hydrogen) atoms. The number of fused-ring (bicyclic) bond motifs is 1. The minimum atomic E-state index is -0.0300. The summed E-state index contributed by atoms with van der Waals surface area (Å²) in [7, 11) is 1.68. The second kappa shape index (κ2) is 11.1. The van der Waals surface area contributed by atoms with Gasteiger partial charge in [0, 0.05) is 29.5 Å². The summed E-state index contributed by atoms with van der Waals surface area (Å²) in [5.74, 6) is 1.93. The molecule has 170 valence electrons. The molecule has 0 bridgehead atoms. The van der Waals surface area contributed by atoms with Gasteiger partial charge in [-0.05, 0) is 60.9 Å². The zero-order valence-corrected chi connectivity index (χ0v) is 20.3. The third-order valence-electron chi connectivity index (χ3n) is 5.68. The van der Waals surface area contributed by atoms with Crippen LogP contribution in [-0.4, -0.2) is 29.1 Å². The SMILES string of the molecule is COc1ccc(Cn2c(CCCCCNC(=O)c3cccc(Br)c3)nc3ccccc32)cc1. The highest BCUT2D eigenvalue weighted by Crippen LogP contribution is 2.21. The van der Waals surface area contributed by atoms with E-state index in [0.717, 1.165) is 59.3 Å². The second-order valence-corrected chi connectivity index (χ2v) is 8.94. The normalized spacial score (nSPS) is 11.0. The van der Waals surface area contributed by atoms with Gasteiger partial charge in [-0.3, -0.25) is 4.79 Å². The quantitative estimate of drug-likeness (QED) is 0.269. The number of unbranched alkanes of at least 4 members (excludes halogenated alkanes) is 2. The van der Waals surface area contributed by atoms with Crippen molar-refractivity contribution in [3.8, 4) is 5.75 Å². The maximum atomic E-state index is 12.3. The van der Waals surface area contributed by atoms with Crippen molar-refractivity contribution in [1.82, 2.24) is 14.9 Å². The molecule has 6 heteroatoms. The number of methoxy groups -OCH3 is 1. The number of rotatable bonds is 10. The molecule has 0 aliphatic heterocycles. The lowest BCUT2D eigenvalue weighted by Gasteiger charge is -2.10. The number of carbonyl (C=O) groups is 1.